The normalized spacial score (nSPS) is 18.8. The Kier molecular flexibility index (Phi) is 7.16. The van der Waals surface area contributed by atoms with Gasteiger partial charge < -0.3 is 33.9 Å². The fraction of sp³-hybridized carbons (Fsp3) is 0.385. The first kappa shape index (κ1) is 24.4. The van der Waals surface area contributed by atoms with Gasteiger partial charge in [-0.1, -0.05) is 12.1 Å². The molecule has 0 aliphatic carbocycles. The number of ketones is 1. The Balaban J connectivity index is 1.86. The number of carbonyl (C=O) groups excluding carboxylic acids is 2. The molecule has 4 rings (SSSR count). The molecule has 1 fully saturated rings. The minimum Gasteiger partial charge on any atom is -0.507 e. The molecule has 1 saturated heterocycles. The molecule has 2 heterocycles. The maximum absolute atomic E-state index is 13.3. The van der Waals surface area contributed by atoms with Gasteiger partial charge in [0.05, 0.1) is 25.8 Å². The minimum absolute atomic E-state index is 0.0110. The smallest absolute Gasteiger partial charge is 0.295 e. The van der Waals surface area contributed by atoms with Crippen LogP contribution in [-0.2, 0) is 9.59 Å². The molecule has 0 saturated carbocycles. The first-order valence-electron chi connectivity index (χ1n) is 11.4. The number of likely N-dealkylation sites (tertiary alicyclic amines) is 1. The molecule has 35 heavy (non-hydrogen) atoms. The van der Waals surface area contributed by atoms with Crippen LogP contribution in [0, 0.1) is 0 Å². The standard InChI is InChI=1S/C26H30N2O7/c1-27(2)11-6-12-28-22(17-7-5-8-19(32-3)25(17)33-4)21(24(30)26(28)31)23(29)16-9-10-18-20(15-16)35-14-13-34-18/h5,7-10,15,22,29H,6,11-14H2,1-4H3/b23-21-/t22-/m1/s1. The van der Waals surface area contributed by atoms with E-state index in [0.29, 0.717) is 60.3 Å². The first-order chi connectivity index (χ1) is 16.9. The summed E-state index contributed by atoms with van der Waals surface area (Å²) >= 11 is 0. The summed E-state index contributed by atoms with van der Waals surface area (Å²) in [4.78, 5) is 30.0. The van der Waals surface area contributed by atoms with Crippen molar-refractivity contribution >= 4 is 17.4 Å². The van der Waals surface area contributed by atoms with Gasteiger partial charge in [-0.15, -0.1) is 0 Å². The van der Waals surface area contributed by atoms with Crippen molar-refractivity contribution in [3.8, 4) is 23.0 Å². The molecule has 0 spiro atoms. The zero-order chi connectivity index (χ0) is 25.1. The number of hydrogen-bond acceptors (Lipinski definition) is 8. The van der Waals surface area contributed by atoms with Crippen LogP contribution < -0.4 is 18.9 Å². The van der Waals surface area contributed by atoms with Crippen molar-refractivity contribution in [2.24, 2.45) is 0 Å². The third kappa shape index (κ3) is 4.64. The summed E-state index contributed by atoms with van der Waals surface area (Å²) in [6.45, 7) is 1.87. The highest BCUT2D eigenvalue weighted by molar-refractivity contribution is 6.46. The Morgan fingerprint density at radius 1 is 1.09 bits per heavy atom. The number of aliphatic hydroxyl groups excluding tert-OH is 1. The molecule has 0 unspecified atom stereocenters. The van der Waals surface area contributed by atoms with Gasteiger partial charge in [0.15, 0.2) is 23.0 Å². The Labute approximate surface area is 204 Å². The monoisotopic (exact) mass is 482 g/mol. The zero-order valence-electron chi connectivity index (χ0n) is 20.4. The van der Waals surface area contributed by atoms with Gasteiger partial charge in [0.2, 0.25) is 0 Å². The van der Waals surface area contributed by atoms with E-state index in [0.717, 1.165) is 6.54 Å². The summed E-state index contributed by atoms with van der Waals surface area (Å²) in [6.07, 6.45) is 0.646. The fourth-order valence-corrected chi connectivity index (χ4v) is 4.46. The summed E-state index contributed by atoms with van der Waals surface area (Å²) in [5, 5.41) is 11.4. The molecule has 2 aromatic rings. The number of ether oxygens (including phenoxy) is 4. The van der Waals surface area contributed by atoms with Crippen molar-refractivity contribution in [3.05, 3.63) is 53.1 Å². The molecule has 0 radical (unpaired) electrons. The second-order valence-electron chi connectivity index (χ2n) is 8.59. The van der Waals surface area contributed by atoms with E-state index in [1.165, 1.54) is 19.1 Å². The van der Waals surface area contributed by atoms with Crippen LogP contribution in [0.5, 0.6) is 23.0 Å². The van der Waals surface area contributed by atoms with Crippen LogP contribution in [0.1, 0.15) is 23.6 Å². The summed E-state index contributed by atoms with van der Waals surface area (Å²) in [5.74, 6) is 0.176. The molecule has 0 aromatic heterocycles. The van der Waals surface area contributed by atoms with Crippen molar-refractivity contribution < 1.29 is 33.6 Å². The number of hydrogen-bond donors (Lipinski definition) is 1. The van der Waals surface area contributed by atoms with Crippen LogP contribution in [0.4, 0.5) is 0 Å². The lowest BCUT2D eigenvalue weighted by Gasteiger charge is -2.27. The molecule has 2 aliphatic rings. The van der Waals surface area contributed by atoms with E-state index in [4.69, 9.17) is 18.9 Å². The number of aliphatic hydroxyl groups is 1. The van der Waals surface area contributed by atoms with E-state index >= 15 is 0 Å². The lowest BCUT2D eigenvalue weighted by Crippen LogP contribution is -2.32. The highest BCUT2D eigenvalue weighted by Crippen LogP contribution is 2.46. The van der Waals surface area contributed by atoms with Crippen LogP contribution in [0.3, 0.4) is 0 Å². The van der Waals surface area contributed by atoms with Gasteiger partial charge >= 0.3 is 0 Å². The van der Waals surface area contributed by atoms with Gasteiger partial charge in [0.25, 0.3) is 11.7 Å². The molecular formula is C26H30N2O7. The van der Waals surface area contributed by atoms with Crippen LogP contribution in [0.2, 0.25) is 0 Å². The highest BCUT2D eigenvalue weighted by atomic mass is 16.6. The Morgan fingerprint density at radius 3 is 2.51 bits per heavy atom. The highest BCUT2D eigenvalue weighted by Gasteiger charge is 2.47. The molecule has 186 valence electrons. The number of fused-ring (bicyclic) bond motifs is 1. The fourth-order valence-electron chi connectivity index (χ4n) is 4.46. The molecule has 9 nitrogen and oxygen atoms in total. The van der Waals surface area contributed by atoms with Crippen LogP contribution >= 0.6 is 0 Å². The van der Waals surface area contributed by atoms with E-state index in [1.807, 2.05) is 19.0 Å². The zero-order valence-corrected chi connectivity index (χ0v) is 20.4. The topological polar surface area (TPSA) is 97.8 Å². The molecule has 9 heteroatoms. The molecule has 2 aromatic carbocycles. The predicted octanol–water partition coefficient (Wildman–Crippen LogP) is 2.85. The molecule has 0 bridgehead atoms. The number of benzene rings is 2. The molecule has 1 amide bonds. The number of Topliss-reactive ketones (excluding diaryl/α,β-unsaturated/α-hetero) is 1. The van der Waals surface area contributed by atoms with E-state index in [2.05, 4.69) is 0 Å². The molecule has 1 N–H and O–H groups in total. The van der Waals surface area contributed by atoms with Gasteiger partial charge in [-0.25, -0.2) is 0 Å². The third-order valence-corrected chi connectivity index (χ3v) is 6.09. The average molecular weight is 483 g/mol. The maximum atomic E-state index is 13.3. The van der Waals surface area contributed by atoms with Gasteiger partial charge in [0, 0.05) is 17.7 Å². The molecule has 2 aliphatic heterocycles. The van der Waals surface area contributed by atoms with Crippen molar-refractivity contribution in [3.63, 3.8) is 0 Å². The Hall–Kier alpha value is -3.72. The summed E-state index contributed by atoms with van der Waals surface area (Å²) in [5.41, 5.74) is 0.894. The molecule has 1 atom stereocenters. The largest absolute Gasteiger partial charge is 0.507 e. The Bertz CT molecular complexity index is 1160. The number of rotatable bonds is 8. The van der Waals surface area contributed by atoms with Crippen LogP contribution in [0.15, 0.2) is 42.0 Å². The van der Waals surface area contributed by atoms with E-state index in [9.17, 15) is 14.7 Å². The summed E-state index contributed by atoms with van der Waals surface area (Å²) in [7, 11) is 6.91. The van der Waals surface area contributed by atoms with Crippen LogP contribution in [-0.4, -0.2) is 81.2 Å². The second kappa shape index (κ2) is 10.3. The minimum atomic E-state index is -0.851. The van der Waals surface area contributed by atoms with Gasteiger partial charge in [-0.2, -0.15) is 0 Å². The van der Waals surface area contributed by atoms with Gasteiger partial charge in [0.1, 0.15) is 19.0 Å². The lowest BCUT2D eigenvalue weighted by atomic mass is 9.94. The molecular weight excluding hydrogens is 452 g/mol. The van der Waals surface area contributed by atoms with E-state index in [1.54, 1.807) is 36.4 Å². The van der Waals surface area contributed by atoms with Crippen molar-refractivity contribution in [2.45, 2.75) is 12.5 Å². The number of methoxy groups -OCH3 is 2. The number of nitrogens with zero attached hydrogens (tertiary/aromatic N) is 2. The third-order valence-electron chi connectivity index (χ3n) is 6.09. The van der Waals surface area contributed by atoms with Crippen molar-refractivity contribution in [1.29, 1.82) is 0 Å². The average Bonchev–Trinajstić information content (AvgIpc) is 3.12. The maximum Gasteiger partial charge on any atom is 0.295 e. The van der Waals surface area contributed by atoms with Crippen molar-refractivity contribution in [2.75, 3.05) is 54.6 Å². The first-order valence-corrected chi connectivity index (χ1v) is 11.4. The summed E-state index contributed by atoms with van der Waals surface area (Å²) in [6, 6.07) is 9.36. The van der Waals surface area contributed by atoms with E-state index in [-0.39, 0.29) is 11.3 Å². The predicted molar refractivity (Wildman–Crippen MR) is 129 cm³/mol. The Morgan fingerprint density at radius 2 is 1.83 bits per heavy atom. The second-order valence-corrected chi connectivity index (χ2v) is 8.59. The number of carbonyl (C=O) groups is 2. The van der Waals surface area contributed by atoms with Gasteiger partial charge in [-0.3, -0.25) is 9.59 Å². The van der Waals surface area contributed by atoms with E-state index < -0.39 is 17.7 Å². The van der Waals surface area contributed by atoms with Crippen molar-refractivity contribution in [1.82, 2.24) is 9.80 Å². The lowest BCUT2D eigenvalue weighted by molar-refractivity contribution is -0.140. The number of para-hydroxylation sites is 1. The van der Waals surface area contributed by atoms with Gasteiger partial charge in [-0.05, 0) is 51.3 Å². The number of amides is 1. The summed E-state index contributed by atoms with van der Waals surface area (Å²) < 4.78 is 22.3. The SMILES string of the molecule is COc1cccc([C@@H]2/C(=C(/O)c3ccc4c(c3)OCCO4)C(=O)C(=O)N2CCCN(C)C)c1OC. The quantitative estimate of drug-likeness (QED) is 0.349. The van der Waals surface area contributed by atoms with Crippen LogP contribution in [0.25, 0.3) is 5.76 Å².